The van der Waals surface area contributed by atoms with Gasteiger partial charge in [-0.1, -0.05) is 79.8 Å². The Labute approximate surface area is 193 Å². The molecule has 5 aromatic carbocycles. The number of benzene rings is 5. The molecule has 0 fully saturated rings. The van der Waals surface area contributed by atoms with Crippen molar-refractivity contribution in [1.29, 1.82) is 0 Å². The highest BCUT2D eigenvalue weighted by atomic mass is 28.3. The number of aromatic amines is 1. The first kappa shape index (κ1) is 18.7. The lowest BCUT2D eigenvalue weighted by atomic mass is 10.0. The van der Waals surface area contributed by atoms with Gasteiger partial charge in [-0.25, -0.2) is 0 Å². The van der Waals surface area contributed by atoms with Crippen LogP contribution in [0.5, 0.6) is 0 Å². The first-order valence-corrected chi connectivity index (χ1v) is 14.5. The van der Waals surface area contributed by atoms with Crippen molar-refractivity contribution in [3.63, 3.8) is 0 Å². The zero-order valence-electron chi connectivity index (χ0n) is 18.7. The molecule has 0 radical (unpaired) electrons. The number of anilines is 2. The summed E-state index contributed by atoms with van der Waals surface area (Å²) < 4.78 is 0. The van der Waals surface area contributed by atoms with Crippen molar-refractivity contribution >= 4 is 62.4 Å². The third-order valence-corrected chi connectivity index (χ3v) is 10.9. The van der Waals surface area contributed by atoms with Gasteiger partial charge in [-0.15, -0.1) is 0 Å². The second-order valence-electron chi connectivity index (χ2n) is 9.69. The smallest absolute Gasteiger partial charge is 0.117 e. The van der Waals surface area contributed by atoms with Crippen LogP contribution in [0.3, 0.4) is 0 Å². The molecule has 1 aliphatic rings. The van der Waals surface area contributed by atoms with E-state index in [0.717, 1.165) is 0 Å². The average Bonchev–Trinajstić information content (AvgIpc) is 3.19. The van der Waals surface area contributed by atoms with Crippen LogP contribution in [0, 0.1) is 0 Å². The molecule has 0 aliphatic carbocycles. The number of fused-ring (bicyclic) bond motifs is 6. The van der Waals surface area contributed by atoms with E-state index in [2.05, 4.69) is 120 Å². The summed E-state index contributed by atoms with van der Waals surface area (Å²) in [5.41, 5.74) is 7.44. The van der Waals surface area contributed by atoms with Gasteiger partial charge in [0.2, 0.25) is 0 Å². The number of H-pyrrole nitrogens is 1. The van der Waals surface area contributed by atoms with Crippen molar-refractivity contribution < 1.29 is 0 Å². The topological polar surface area (TPSA) is 27.8 Å². The van der Waals surface area contributed by atoms with Crippen LogP contribution in [0.4, 0.5) is 11.4 Å². The summed E-state index contributed by atoms with van der Waals surface area (Å²) in [4.78, 5) is 3.67. The molecular weight excluding hydrogens is 416 g/mol. The molecular formula is C30H24N2Si. The van der Waals surface area contributed by atoms with Crippen LogP contribution in [0.15, 0.2) is 97.1 Å². The summed E-state index contributed by atoms with van der Waals surface area (Å²) in [6.45, 7) is 4.92. The maximum Gasteiger partial charge on any atom is 0.117 e. The summed E-state index contributed by atoms with van der Waals surface area (Å²) >= 11 is 0. The fourth-order valence-electron chi connectivity index (χ4n) is 5.55. The molecule has 6 aromatic rings. The van der Waals surface area contributed by atoms with Crippen LogP contribution in [-0.2, 0) is 0 Å². The molecule has 0 bridgehead atoms. The Bertz CT molecular complexity index is 1720. The van der Waals surface area contributed by atoms with E-state index in [-0.39, 0.29) is 0 Å². The first-order valence-electron chi connectivity index (χ1n) is 11.5. The van der Waals surface area contributed by atoms with E-state index in [1.807, 2.05) is 0 Å². The fourth-order valence-corrected chi connectivity index (χ4v) is 8.51. The molecule has 0 saturated heterocycles. The second-order valence-corrected chi connectivity index (χ2v) is 14.0. The van der Waals surface area contributed by atoms with E-state index < -0.39 is 8.07 Å². The Morgan fingerprint density at radius 2 is 1.21 bits per heavy atom. The Hall–Kier alpha value is -3.82. The lowest BCUT2D eigenvalue weighted by Crippen LogP contribution is -2.56. The second kappa shape index (κ2) is 6.59. The third-order valence-electron chi connectivity index (χ3n) is 7.36. The van der Waals surface area contributed by atoms with Crippen LogP contribution in [0.2, 0.25) is 13.1 Å². The lowest BCUT2D eigenvalue weighted by Gasteiger charge is -2.34. The van der Waals surface area contributed by atoms with Gasteiger partial charge in [-0.3, -0.25) is 0 Å². The molecule has 7 rings (SSSR count). The van der Waals surface area contributed by atoms with Gasteiger partial charge in [0.05, 0.1) is 0 Å². The average molecular weight is 441 g/mol. The van der Waals surface area contributed by atoms with E-state index in [4.69, 9.17) is 0 Å². The van der Waals surface area contributed by atoms with Crippen LogP contribution in [-0.4, -0.2) is 13.1 Å². The van der Waals surface area contributed by atoms with Gasteiger partial charge < -0.3 is 10.3 Å². The largest absolute Gasteiger partial charge is 0.356 e. The lowest BCUT2D eigenvalue weighted by molar-refractivity contribution is 1.52. The minimum atomic E-state index is -1.77. The molecule has 2 heterocycles. The maximum absolute atomic E-state index is 3.67. The zero-order valence-corrected chi connectivity index (χ0v) is 19.7. The van der Waals surface area contributed by atoms with E-state index >= 15 is 0 Å². The molecule has 33 heavy (non-hydrogen) atoms. The molecule has 2 nitrogen and oxygen atoms in total. The summed E-state index contributed by atoms with van der Waals surface area (Å²) in [5, 5.41) is 11.7. The Balaban J connectivity index is 1.37. The number of aromatic nitrogens is 1. The number of hydrogen-bond acceptors (Lipinski definition) is 1. The summed E-state index contributed by atoms with van der Waals surface area (Å²) in [7, 11) is -1.77. The molecule has 1 aromatic heterocycles. The first-order chi connectivity index (χ1) is 16.1. The van der Waals surface area contributed by atoms with E-state index in [1.54, 1.807) is 0 Å². The SMILES string of the molecule is C[Si]1(C)c2ccccc2Nc2ccc(-c3ccc4c(c3)[nH]c3cc5ccccc5cc34)cc21. The van der Waals surface area contributed by atoms with Crippen molar-refractivity contribution in [2.45, 2.75) is 13.1 Å². The molecule has 3 heteroatoms. The molecule has 2 N–H and O–H groups in total. The predicted octanol–water partition coefficient (Wildman–Crippen LogP) is 7.02. The van der Waals surface area contributed by atoms with Crippen molar-refractivity contribution in [1.82, 2.24) is 4.98 Å². The van der Waals surface area contributed by atoms with E-state index in [1.165, 1.54) is 65.5 Å². The van der Waals surface area contributed by atoms with Gasteiger partial charge in [0, 0.05) is 33.2 Å². The van der Waals surface area contributed by atoms with Crippen LogP contribution in [0.25, 0.3) is 43.7 Å². The monoisotopic (exact) mass is 440 g/mol. The Morgan fingerprint density at radius 1 is 0.545 bits per heavy atom. The van der Waals surface area contributed by atoms with Gasteiger partial charge in [-0.05, 0) is 62.6 Å². The molecule has 0 atom stereocenters. The highest BCUT2D eigenvalue weighted by Gasteiger charge is 2.34. The van der Waals surface area contributed by atoms with Crippen molar-refractivity contribution in [3.05, 3.63) is 97.1 Å². The Kier molecular flexibility index (Phi) is 3.74. The quantitative estimate of drug-likeness (QED) is 0.264. The summed E-state index contributed by atoms with van der Waals surface area (Å²) in [5.74, 6) is 0. The highest BCUT2D eigenvalue weighted by molar-refractivity contribution is 7.02. The Morgan fingerprint density at radius 3 is 2.09 bits per heavy atom. The number of rotatable bonds is 1. The molecule has 0 spiro atoms. The number of hydrogen-bond donors (Lipinski definition) is 2. The minimum Gasteiger partial charge on any atom is -0.356 e. The van der Waals surface area contributed by atoms with Gasteiger partial charge in [0.1, 0.15) is 8.07 Å². The molecule has 0 saturated carbocycles. The zero-order chi connectivity index (χ0) is 22.2. The van der Waals surface area contributed by atoms with Gasteiger partial charge in [-0.2, -0.15) is 0 Å². The molecule has 0 unspecified atom stereocenters. The predicted molar refractivity (Wildman–Crippen MR) is 145 cm³/mol. The van der Waals surface area contributed by atoms with Crippen LogP contribution >= 0.6 is 0 Å². The van der Waals surface area contributed by atoms with Gasteiger partial charge in [0.25, 0.3) is 0 Å². The number of nitrogens with one attached hydrogen (secondary N) is 2. The van der Waals surface area contributed by atoms with E-state index in [9.17, 15) is 0 Å². The fraction of sp³-hybridized carbons (Fsp3) is 0.0667. The molecule has 158 valence electrons. The normalized spacial score (nSPS) is 14.2. The summed E-state index contributed by atoms with van der Waals surface area (Å²) in [6, 6.07) is 35.7. The minimum absolute atomic E-state index is 1.19. The standard InChI is InChI=1S/C30H24N2Si/c1-33(2)29-10-6-5-9-25(29)31-26-14-12-22(18-30(26)33)21-11-13-23-24-15-19-7-3-4-8-20(19)16-28(24)32-27(23)17-21/h3-18,31-32H,1-2H3. The molecule has 1 aliphatic heterocycles. The van der Waals surface area contributed by atoms with E-state index in [0.29, 0.717) is 0 Å². The van der Waals surface area contributed by atoms with Crippen molar-refractivity contribution in [2.75, 3.05) is 5.32 Å². The van der Waals surface area contributed by atoms with Crippen LogP contribution < -0.4 is 15.7 Å². The third kappa shape index (κ3) is 2.72. The van der Waals surface area contributed by atoms with Gasteiger partial charge in [0.15, 0.2) is 0 Å². The maximum atomic E-state index is 3.67. The number of para-hydroxylation sites is 1. The van der Waals surface area contributed by atoms with Crippen LogP contribution in [0.1, 0.15) is 0 Å². The van der Waals surface area contributed by atoms with Crippen molar-refractivity contribution in [2.24, 2.45) is 0 Å². The summed E-state index contributed by atoms with van der Waals surface area (Å²) in [6.07, 6.45) is 0. The molecule has 0 amide bonds. The van der Waals surface area contributed by atoms with Gasteiger partial charge >= 0.3 is 0 Å². The highest BCUT2D eigenvalue weighted by Crippen LogP contribution is 2.33. The van der Waals surface area contributed by atoms with Crippen molar-refractivity contribution in [3.8, 4) is 11.1 Å².